The molecule has 1 amide bonds. The van der Waals surface area contributed by atoms with E-state index in [4.69, 9.17) is 0 Å². The molecule has 1 aromatic carbocycles. The van der Waals surface area contributed by atoms with E-state index in [1.807, 2.05) is 0 Å². The average molecular weight is 257 g/mol. The molecule has 1 aliphatic rings. The van der Waals surface area contributed by atoms with Gasteiger partial charge in [-0.05, 0) is 18.4 Å². The minimum atomic E-state index is -4.29. The van der Waals surface area contributed by atoms with E-state index in [-0.39, 0.29) is 11.8 Å². The zero-order chi connectivity index (χ0) is 13.2. The number of hydrogen-bond donors (Lipinski definition) is 1. The zero-order valence-corrected chi connectivity index (χ0v) is 9.70. The number of alkyl halides is 3. The minimum Gasteiger partial charge on any atom is -0.349 e. The first-order valence-corrected chi connectivity index (χ1v) is 5.88. The first-order valence-electron chi connectivity index (χ1n) is 5.88. The van der Waals surface area contributed by atoms with Gasteiger partial charge < -0.3 is 5.32 Å². The summed E-state index contributed by atoms with van der Waals surface area (Å²) in [7, 11) is 0. The Balaban J connectivity index is 2.09. The molecule has 0 aromatic heterocycles. The lowest BCUT2D eigenvalue weighted by Crippen LogP contribution is -2.32. The Hall–Kier alpha value is -1.52. The van der Waals surface area contributed by atoms with Crippen molar-refractivity contribution >= 4 is 5.91 Å². The van der Waals surface area contributed by atoms with Crippen LogP contribution in [0.4, 0.5) is 13.2 Å². The Morgan fingerprint density at radius 3 is 2.39 bits per heavy atom. The van der Waals surface area contributed by atoms with Gasteiger partial charge >= 0.3 is 6.18 Å². The van der Waals surface area contributed by atoms with Crippen LogP contribution in [-0.2, 0) is 4.79 Å². The SMILES string of the molecule is O=C(NC(CC(F)(F)F)c1ccccc1)C1CC1. The lowest BCUT2D eigenvalue weighted by atomic mass is 10.0. The summed E-state index contributed by atoms with van der Waals surface area (Å²) in [5.74, 6) is -0.363. The lowest BCUT2D eigenvalue weighted by Gasteiger charge is -2.20. The van der Waals surface area contributed by atoms with Crippen LogP contribution < -0.4 is 5.32 Å². The summed E-state index contributed by atoms with van der Waals surface area (Å²) in [6.07, 6.45) is -3.77. The number of benzene rings is 1. The molecule has 0 spiro atoms. The normalized spacial score (nSPS) is 17.3. The highest BCUT2D eigenvalue weighted by Gasteiger charge is 2.36. The molecular formula is C13H14F3NO. The van der Waals surface area contributed by atoms with Crippen LogP contribution in [0.1, 0.15) is 30.9 Å². The van der Waals surface area contributed by atoms with E-state index in [9.17, 15) is 18.0 Å². The van der Waals surface area contributed by atoms with Crippen molar-refractivity contribution in [1.82, 2.24) is 5.32 Å². The molecule has 18 heavy (non-hydrogen) atoms. The molecule has 0 saturated heterocycles. The van der Waals surface area contributed by atoms with Gasteiger partial charge in [0.1, 0.15) is 0 Å². The van der Waals surface area contributed by atoms with E-state index in [1.54, 1.807) is 30.3 Å². The average Bonchev–Trinajstić information content (AvgIpc) is 3.11. The Morgan fingerprint density at radius 1 is 1.28 bits per heavy atom. The maximum Gasteiger partial charge on any atom is 0.391 e. The molecule has 0 heterocycles. The molecule has 0 aliphatic heterocycles. The maximum atomic E-state index is 12.5. The van der Waals surface area contributed by atoms with Crippen molar-refractivity contribution < 1.29 is 18.0 Å². The lowest BCUT2D eigenvalue weighted by molar-refractivity contribution is -0.143. The number of carbonyl (C=O) groups excluding carboxylic acids is 1. The molecule has 1 aliphatic carbocycles. The van der Waals surface area contributed by atoms with Crippen molar-refractivity contribution in [3.8, 4) is 0 Å². The monoisotopic (exact) mass is 257 g/mol. The Bertz CT molecular complexity index is 412. The first kappa shape index (κ1) is 12.9. The number of rotatable bonds is 4. The van der Waals surface area contributed by atoms with Gasteiger partial charge in [-0.3, -0.25) is 4.79 Å². The van der Waals surface area contributed by atoms with E-state index < -0.39 is 18.6 Å². The van der Waals surface area contributed by atoms with Gasteiger partial charge in [-0.25, -0.2) is 0 Å². The van der Waals surface area contributed by atoms with Crippen LogP contribution in [0.2, 0.25) is 0 Å². The molecule has 1 N–H and O–H groups in total. The van der Waals surface area contributed by atoms with Crippen molar-refractivity contribution in [3.05, 3.63) is 35.9 Å². The van der Waals surface area contributed by atoms with Gasteiger partial charge in [0.2, 0.25) is 5.91 Å². The summed E-state index contributed by atoms with van der Waals surface area (Å²) in [6, 6.07) is 7.29. The second-order valence-corrected chi connectivity index (χ2v) is 4.57. The number of carbonyl (C=O) groups is 1. The number of halogens is 3. The number of nitrogens with one attached hydrogen (secondary N) is 1. The summed E-state index contributed by atoms with van der Waals surface area (Å²) in [5.41, 5.74) is 0.490. The van der Waals surface area contributed by atoms with Crippen molar-refractivity contribution in [3.63, 3.8) is 0 Å². The molecule has 1 unspecified atom stereocenters. The first-order chi connectivity index (χ1) is 8.46. The van der Waals surface area contributed by atoms with Crippen LogP contribution in [-0.4, -0.2) is 12.1 Å². The number of amides is 1. The fourth-order valence-corrected chi connectivity index (χ4v) is 1.80. The standard InChI is InChI=1S/C13H14F3NO/c14-13(15,16)8-11(9-4-2-1-3-5-9)17-12(18)10-6-7-10/h1-5,10-11H,6-8H2,(H,17,18). The molecule has 1 atom stereocenters. The van der Waals surface area contributed by atoms with Crippen LogP contribution in [0.5, 0.6) is 0 Å². The highest BCUT2D eigenvalue weighted by molar-refractivity contribution is 5.81. The van der Waals surface area contributed by atoms with Crippen molar-refractivity contribution in [2.24, 2.45) is 5.92 Å². The van der Waals surface area contributed by atoms with Gasteiger partial charge in [-0.2, -0.15) is 13.2 Å². The van der Waals surface area contributed by atoms with Crippen molar-refractivity contribution in [2.45, 2.75) is 31.5 Å². The van der Waals surface area contributed by atoms with Crippen LogP contribution in [0.25, 0.3) is 0 Å². The topological polar surface area (TPSA) is 29.1 Å². The summed E-state index contributed by atoms with van der Waals surface area (Å²) in [5, 5.41) is 2.49. The van der Waals surface area contributed by atoms with E-state index in [1.165, 1.54) is 0 Å². The zero-order valence-electron chi connectivity index (χ0n) is 9.70. The van der Waals surface area contributed by atoms with Crippen LogP contribution in [0.3, 0.4) is 0 Å². The molecule has 2 nitrogen and oxygen atoms in total. The highest BCUT2D eigenvalue weighted by Crippen LogP contribution is 2.33. The van der Waals surface area contributed by atoms with Crippen molar-refractivity contribution in [1.29, 1.82) is 0 Å². The van der Waals surface area contributed by atoms with Crippen LogP contribution in [0.15, 0.2) is 30.3 Å². The fourth-order valence-electron chi connectivity index (χ4n) is 1.80. The van der Waals surface area contributed by atoms with Gasteiger partial charge in [-0.15, -0.1) is 0 Å². The molecule has 98 valence electrons. The highest BCUT2D eigenvalue weighted by atomic mass is 19.4. The fraction of sp³-hybridized carbons (Fsp3) is 0.462. The molecule has 0 radical (unpaired) electrons. The maximum absolute atomic E-state index is 12.5. The van der Waals surface area contributed by atoms with Gasteiger partial charge in [0.05, 0.1) is 12.5 Å². The third kappa shape index (κ3) is 3.75. The summed E-state index contributed by atoms with van der Waals surface area (Å²) >= 11 is 0. The van der Waals surface area contributed by atoms with Gasteiger partial charge in [0.15, 0.2) is 0 Å². The van der Waals surface area contributed by atoms with E-state index in [0.29, 0.717) is 5.56 Å². The predicted octanol–water partition coefficient (Wildman–Crippen LogP) is 3.21. The predicted molar refractivity (Wildman–Crippen MR) is 60.7 cm³/mol. The van der Waals surface area contributed by atoms with Gasteiger partial charge in [-0.1, -0.05) is 30.3 Å². The van der Waals surface area contributed by atoms with Gasteiger partial charge in [0, 0.05) is 5.92 Å². The second-order valence-electron chi connectivity index (χ2n) is 4.57. The molecule has 5 heteroatoms. The third-order valence-electron chi connectivity index (χ3n) is 2.90. The smallest absolute Gasteiger partial charge is 0.349 e. The Labute approximate surface area is 103 Å². The van der Waals surface area contributed by atoms with Crippen molar-refractivity contribution in [2.75, 3.05) is 0 Å². The minimum absolute atomic E-state index is 0.0931. The third-order valence-corrected chi connectivity index (χ3v) is 2.90. The van der Waals surface area contributed by atoms with E-state index >= 15 is 0 Å². The molecule has 1 aromatic rings. The molecule has 1 fully saturated rings. The largest absolute Gasteiger partial charge is 0.391 e. The molecular weight excluding hydrogens is 243 g/mol. The second kappa shape index (κ2) is 5.00. The number of hydrogen-bond acceptors (Lipinski definition) is 1. The quantitative estimate of drug-likeness (QED) is 0.881. The van der Waals surface area contributed by atoms with Gasteiger partial charge in [0.25, 0.3) is 0 Å². The summed E-state index contributed by atoms with van der Waals surface area (Å²) in [4.78, 5) is 11.6. The molecule has 0 bridgehead atoms. The summed E-state index contributed by atoms with van der Waals surface area (Å²) in [6.45, 7) is 0. The van der Waals surface area contributed by atoms with E-state index in [0.717, 1.165) is 12.8 Å². The molecule has 1 saturated carbocycles. The van der Waals surface area contributed by atoms with Crippen LogP contribution in [0, 0.1) is 5.92 Å². The van der Waals surface area contributed by atoms with Crippen LogP contribution >= 0.6 is 0 Å². The Morgan fingerprint density at radius 2 is 1.89 bits per heavy atom. The van der Waals surface area contributed by atoms with E-state index in [2.05, 4.69) is 5.32 Å². The Kier molecular flexibility index (Phi) is 3.59. The molecule has 2 rings (SSSR count). The summed E-state index contributed by atoms with van der Waals surface area (Å²) < 4.78 is 37.5.